The van der Waals surface area contributed by atoms with Crippen molar-refractivity contribution < 1.29 is 19.4 Å². The number of hydrogen-bond acceptors (Lipinski definition) is 4. The zero-order valence-corrected chi connectivity index (χ0v) is 10.5. The molecule has 1 amide bonds. The zero-order valence-electron chi connectivity index (χ0n) is 10.5. The number of hydrogen-bond donors (Lipinski definition) is 2. The first-order chi connectivity index (χ1) is 8.76. The monoisotopic (exact) mass is 253 g/mol. The van der Waals surface area contributed by atoms with Gasteiger partial charge in [-0.2, -0.15) is 0 Å². The average Bonchev–Trinajstić information content (AvgIpc) is 2.39. The fourth-order valence-corrected chi connectivity index (χ4v) is 1.31. The number of rotatable bonds is 8. The molecule has 5 heteroatoms. The molecule has 0 aliphatic carbocycles. The van der Waals surface area contributed by atoms with E-state index in [0.717, 1.165) is 11.4 Å². The Balaban J connectivity index is 2.37. The lowest BCUT2D eigenvalue weighted by atomic mass is 10.3. The molecule has 1 aromatic carbocycles. The number of methoxy groups -OCH3 is 1. The third-order valence-corrected chi connectivity index (χ3v) is 2.24. The Morgan fingerprint density at radius 3 is 2.61 bits per heavy atom. The Morgan fingerprint density at radius 2 is 2.00 bits per heavy atom. The number of anilines is 1. The van der Waals surface area contributed by atoms with Gasteiger partial charge in [0.25, 0.3) is 0 Å². The molecule has 0 spiro atoms. The standard InChI is InChI=1S/C13H19NO4/c1-17-10-7-13(16)14-11-3-5-12(6-4-11)18-9-2-8-15/h3-6,15H,2,7-10H2,1H3,(H,14,16). The van der Waals surface area contributed by atoms with Crippen LogP contribution in [-0.2, 0) is 9.53 Å². The van der Waals surface area contributed by atoms with E-state index >= 15 is 0 Å². The fourth-order valence-electron chi connectivity index (χ4n) is 1.31. The summed E-state index contributed by atoms with van der Waals surface area (Å²) in [6, 6.07) is 7.12. The first-order valence-corrected chi connectivity index (χ1v) is 5.88. The first kappa shape index (κ1) is 14.5. The molecule has 0 aromatic heterocycles. The smallest absolute Gasteiger partial charge is 0.226 e. The third kappa shape index (κ3) is 5.65. The third-order valence-electron chi connectivity index (χ3n) is 2.24. The van der Waals surface area contributed by atoms with Crippen molar-refractivity contribution in [3.05, 3.63) is 24.3 Å². The summed E-state index contributed by atoms with van der Waals surface area (Å²) in [6.45, 7) is 1.01. The van der Waals surface area contributed by atoms with Crippen LogP contribution in [0.3, 0.4) is 0 Å². The van der Waals surface area contributed by atoms with E-state index in [1.54, 1.807) is 31.4 Å². The highest BCUT2D eigenvalue weighted by atomic mass is 16.5. The number of aliphatic hydroxyl groups is 1. The van der Waals surface area contributed by atoms with Crippen LogP contribution in [0.15, 0.2) is 24.3 Å². The molecule has 0 radical (unpaired) electrons. The van der Waals surface area contributed by atoms with E-state index in [1.165, 1.54) is 0 Å². The van der Waals surface area contributed by atoms with Crippen molar-refractivity contribution in [3.63, 3.8) is 0 Å². The fraction of sp³-hybridized carbons (Fsp3) is 0.462. The van der Waals surface area contributed by atoms with Crippen molar-refractivity contribution in [2.24, 2.45) is 0 Å². The van der Waals surface area contributed by atoms with Crippen molar-refractivity contribution in [1.29, 1.82) is 0 Å². The van der Waals surface area contributed by atoms with Gasteiger partial charge in [-0.25, -0.2) is 0 Å². The summed E-state index contributed by atoms with van der Waals surface area (Å²) >= 11 is 0. The predicted octanol–water partition coefficient (Wildman–Crippen LogP) is 1.42. The molecule has 0 atom stereocenters. The molecular formula is C13H19NO4. The number of amides is 1. The van der Waals surface area contributed by atoms with Crippen LogP contribution in [0, 0.1) is 0 Å². The first-order valence-electron chi connectivity index (χ1n) is 5.88. The van der Waals surface area contributed by atoms with E-state index < -0.39 is 0 Å². The van der Waals surface area contributed by atoms with Crippen LogP contribution >= 0.6 is 0 Å². The molecule has 0 saturated carbocycles. The lowest BCUT2D eigenvalue weighted by molar-refractivity contribution is -0.117. The summed E-state index contributed by atoms with van der Waals surface area (Å²) in [6.07, 6.45) is 0.945. The van der Waals surface area contributed by atoms with E-state index in [0.29, 0.717) is 26.1 Å². The average molecular weight is 253 g/mol. The highest BCUT2D eigenvalue weighted by molar-refractivity contribution is 5.90. The quantitative estimate of drug-likeness (QED) is 0.688. The van der Waals surface area contributed by atoms with Crippen LogP contribution in [-0.4, -0.2) is 37.9 Å². The van der Waals surface area contributed by atoms with Gasteiger partial charge in [-0.15, -0.1) is 0 Å². The van der Waals surface area contributed by atoms with E-state index in [9.17, 15) is 4.79 Å². The Morgan fingerprint density at radius 1 is 1.28 bits per heavy atom. The predicted molar refractivity (Wildman–Crippen MR) is 68.8 cm³/mol. The highest BCUT2D eigenvalue weighted by Crippen LogP contribution is 2.15. The van der Waals surface area contributed by atoms with Crippen molar-refractivity contribution in [2.75, 3.05) is 32.2 Å². The summed E-state index contributed by atoms with van der Waals surface area (Å²) in [5, 5.41) is 11.4. The zero-order chi connectivity index (χ0) is 13.2. The van der Waals surface area contributed by atoms with Gasteiger partial charge >= 0.3 is 0 Å². The minimum Gasteiger partial charge on any atom is -0.494 e. The maximum atomic E-state index is 11.4. The van der Waals surface area contributed by atoms with Crippen LogP contribution in [0.25, 0.3) is 0 Å². The van der Waals surface area contributed by atoms with E-state index in [2.05, 4.69) is 5.32 Å². The minimum absolute atomic E-state index is 0.0780. The van der Waals surface area contributed by atoms with Gasteiger partial charge in [-0.3, -0.25) is 4.79 Å². The molecule has 0 saturated heterocycles. The summed E-state index contributed by atoms with van der Waals surface area (Å²) in [7, 11) is 1.56. The summed E-state index contributed by atoms with van der Waals surface area (Å²) in [5.41, 5.74) is 0.727. The van der Waals surface area contributed by atoms with E-state index in [1.807, 2.05) is 0 Å². The second-order valence-corrected chi connectivity index (χ2v) is 3.74. The van der Waals surface area contributed by atoms with Crippen LogP contribution < -0.4 is 10.1 Å². The van der Waals surface area contributed by atoms with Crippen molar-refractivity contribution in [3.8, 4) is 5.75 Å². The Labute approximate surface area is 107 Å². The number of benzene rings is 1. The Hall–Kier alpha value is -1.59. The molecule has 0 aliphatic rings. The molecule has 1 rings (SSSR count). The molecule has 0 fully saturated rings. The van der Waals surface area contributed by atoms with Crippen molar-refractivity contribution in [1.82, 2.24) is 0 Å². The molecule has 0 bridgehead atoms. The van der Waals surface area contributed by atoms with Gasteiger partial charge in [0.05, 0.1) is 19.6 Å². The highest BCUT2D eigenvalue weighted by Gasteiger charge is 2.02. The number of aliphatic hydroxyl groups excluding tert-OH is 1. The Bertz CT molecular complexity index is 351. The molecule has 0 unspecified atom stereocenters. The molecule has 0 aliphatic heterocycles. The lowest BCUT2D eigenvalue weighted by Crippen LogP contribution is -2.13. The van der Waals surface area contributed by atoms with Crippen LogP contribution in [0.5, 0.6) is 5.75 Å². The van der Waals surface area contributed by atoms with Gasteiger partial charge in [0.1, 0.15) is 5.75 Å². The molecule has 2 N–H and O–H groups in total. The van der Waals surface area contributed by atoms with Gasteiger partial charge in [0.2, 0.25) is 5.91 Å². The molecule has 0 heterocycles. The van der Waals surface area contributed by atoms with Crippen LogP contribution in [0.1, 0.15) is 12.8 Å². The second kappa shape index (κ2) is 8.49. The molecule has 100 valence electrons. The largest absolute Gasteiger partial charge is 0.494 e. The lowest BCUT2D eigenvalue weighted by Gasteiger charge is -2.07. The second-order valence-electron chi connectivity index (χ2n) is 3.74. The van der Waals surface area contributed by atoms with Crippen LogP contribution in [0.4, 0.5) is 5.69 Å². The minimum atomic E-state index is -0.0780. The number of carbonyl (C=O) groups is 1. The molecule has 1 aromatic rings. The van der Waals surface area contributed by atoms with Gasteiger partial charge in [0.15, 0.2) is 0 Å². The number of ether oxygens (including phenoxy) is 2. The van der Waals surface area contributed by atoms with Crippen molar-refractivity contribution in [2.45, 2.75) is 12.8 Å². The summed E-state index contributed by atoms with van der Waals surface area (Å²) in [4.78, 5) is 11.4. The summed E-state index contributed by atoms with van der Waals surface area (Å²) < 4.78 is 10.2. The van der Waals surface area contributed by atoms with Gasteiger partial charge in [-0.05, 0) is 24.3 Å². The molecular weight excluding hydrogens is 234 g/mol. The Kier molecular flexibility index (Phi) is 6.83. The van der Waals surface area contributed by atoms with Gasteiger partial charge < -0.3 is 19.9 Å². The van der Waals surface area contributed by atoms with Gasteiger partial charge in [-0.1, -0.05) is 0 Å². The topological polar surface area (TPSA) is 67.8 Å². The number of nitrogens with one attached hydrogen (secondary N) is 1. The number of carbonyl (C=O) groups excluding carboxylic acids is 1. The van der Waals surface area contributed by atoms with E-state index in [4.69, 9.17) is 14.6 Å². The maximum Gasteiger partial charge on any atom is 0.226 e. The van der Waals surface area contributed by atoms with Crippen molar-refractivity contribution >= 4 is 11.6 Å². The van der Waals surface area contributed by atoms with Gasteiger partial charge in [0, 0.05) is 25.8 Å². The SMILES string of the molecule is COCCC(=O)Nc1ccc(OCCCO)cc1. The maximum absolute atomic E-state index is 11.4. The summed E-state index contributed by atoms with van der Waals surface area (Å²) in [5.74, 6) is 0.643. The molecule has 18 heavy (non-hydrogen) atoms. The normalized spacial score (nSPS) is 10.1. The van der Waals surface area contributed by atoms with Crippen LogP contribution in [0.2, 0.25) is 0 Å². The molecule has 5 nitrogen and oxygen atoms in total. The van der Waals surface area contributed by atoms with E-state index in [-0.39, 0.29) is 12.5 Å².